The van der Waals surface area contributed by atoms with Gasteiger partial charge in [0.25, 0.3) is 5.69 Å². The highest BCUT2D eigenvalue weighted by Crippen LogP contribution is 2.36. The van der Waals surface area contributed by atoms with E-state index in [1.165, 1.54) is 19.2 Å². The molecule has 0 unspecified atom stereocenters. The smallest absolute Gasteiger partial charge is 0.297 e. The molecule has 1 N–H and O–H groups in total. The van der Waals surface area contributed by atoms with Crippen LogP contribution in [0.1, 0.15) is 11.1 Å². The van der Waals surface area contributed by atoms with Crippen molar-refractivity contribution >= 4 is 27.3 Å². The van der Waals surface area contributed by atoms with Crippen LogP contribution in [0.2, 0.25) is 0 Å². The maximum absolute atomic E-state index is 11.2. The van der Waals surface area contributed by atoms with Gasteiger partial charge < -0.3 is 10.1 Å². The van der Waals surface area contributed by atoms with E-state index < -0.39 is 4.92 Å². The average molecular weight is 362 g/mol. The van der Waals surface area contributed by atoms with Gasteiger partial charge in [0.05, 0.1) is 23.7 Å². The van der Waals surface area contributed by atoms with Crippen molar-refractivity contribution in [1.29, 1.82) is 5.26 Å². The number of benzene rings is 2. The normalized spacial score (nSPS) is 9.86. The van der Waals surface area contributed by atoms with Crippen molar-refractivity contribution in [1.82, 2.24) is 0 Å². The van der Waals surface area contributed by atoms with Gasteiger partial charge in [-0.3, -0.25) is 10.1 Å². The molecule has 0 aliphatic carbocycles. The molecule has 0 bridgehead atoms. The van der Waals surface area contributed by atoms with Gasteiger partial charge in [-0.2, -0.15) is 5.26 Å². The van der Waals surface area contributed by atoms with Gasteiger partial charge in [0.2, 0.25) is 0 Å². The van der Waals surface area contributed by atoms with Crippen LogP contribution in [-0.2, 0) is 6.54 Å². The van der Waals surface area contributed by atoms with Crippen LogP contribution in [0.5, 0.6) is 5.75 Å². The summed E-state index contributed by atoms with van der Waals surface area (Å²) >= 11 is 3.35. The number of hydrogen-bond donors (Lipinski definition) is 1. The van der Waals surface area contributed by atoms with Crippen molar-refractivity contribution in [3.8, 4) is 11.8 Å². The quantitative estimate of drug-likeness (QED) is 0.645. The zero-order valence-corrected chi connectivity index (χ0v) is 13.3. The summed E-state index contributed by atoms with van der Waals surface area (Å²) in [4.78, 5) is 10.7. The number of nitriles is 1. The molecule has 0 saturated heterocycles. The molecule has 2 aromatic carbocycles. The van der Waals surface area contributed by atoms with Crippen molar-refractivity contribution in [2.45, 2.75) is 6.54 Å². The second-order valence-corrected chi connectivity index (χ2v) is 5.34. The number of ether oxygens (including phenoxy) is 1. The predicted octanol–water partition coefficient (Wildman–Crippen LogP) is 3.85. The Balaban J connectivity index is 2.34. The summed E-state index contributed by atoms with van der Waals surface area (Å²) in [6.07, 6.45) is 0. The first-order valence-electron chi connectivity index (χ1n) is 6.30. The zero-order chi connectivity index (χ0) is 16.1. The van der Waals surface area contributed by atoms with Crippen molar-refractivity contribution in [3.63, 3.8) is 0 Å². The van der Waals surface area contributed by atoms with Crippen LogP contribution < -0.4 is 10.1 Å². The highest BCUT2D eigenvalue weighted by Gasteiger charge is 2.20. The molecule has 112 valence electrons. The average Bonchev–Trinajstić information content (AvgIpc) is 2.53. The Morgan fingerprint density at radius 3 is 2.59 bits per heavy atom. The van der Waals surface area contributed by atoms with E-state index in [2.05, 4.69) is 21.2 Å². The number of anilines is 1. The van der Waals surface area contributed by atoms with E-state index >= 15 is 0 Å². The monoisotopic (exact) mass is 361 g/mol. The van der Waals surface area contributed by atoms with Crippen molar-refractivity contribution in [2.75, 3.05) is 12.4 Å². The fraction of sp³-hybridized carbons (Fsp3) is 0.133. The summed E-state index contributed by atoms with van der Waals surface area (Å²) in [7, 11) is 1.41. The third-order valence-corrected chi connectivity index (χ3v) is 3.54. The van der Waals surface area contributed by atoms with Gasteiger partial charge in [-0.15, -0.1) is 0 Å². The van der Waals surface area contributed by atoms with E-state index in [9.17, 15) is 10.1 Å². The van der Waals surface area contributed by atoms with Gasteiger partial charge in [-0.1, -0.05) is 28.1 Å². The van der Waals surface area contributed by atoms with E-state index in [1.54, 1.807) is 0 Å². The van der Waals surface area contributed by atoms with Crippen LogP contribution in [-0.4, -0.2) is 12.0 Å². The van der Waals surface area contributed by atoms with Gasteiger partial charge >= 0.3 is 0 Å². The lowest BCUT2D eigenvalue weighted by molar-refractivity contribution is -0.384. The summed E-state index contributed by atoms with van der Waals surface area (Å²) in [5.74, 6) is 0.267. The first-order chi connectivity index (χ1) is 10.5. The minimum Gasteiger partial charge on any atom is -0.494 e. The largest absolute Gasteiger partial charge is 0.494 e. The van der Waals surface area contributed by atoms with Crippen LogP contribution >= 0.6 is 15.9 Å². The third-order valence-electron chi connectivity index (χ3n) is 3.01. The second kappa shape index (κ2) is 6.91. The highest BCUT2D eigenvalue weighted by molar-refractivity contribution is 9.10. The molecule has 0 aliphatic heterocycles. The Hall–Kier alpha value is -2.59. The molecule has 0 aromatic heterocycles. The van der Waals surface area contributed by atoms with Gasteiger partial charge in [0.15, 0.2) is 5.69 Å². The molecule has 22 heavy (non-hydrogen) atoms. The standard InChI is InChI=1S/C15H12BrN3O3/c1-22-14-7-11(8-17)6-13(19(20)21)15(14)18-9-10-2-4-12(16)5-3-10/h2-7,18H,9H2,1H3. The molecule has 0 radical (unpaired) electrons. The molecule has 7 heteroatoms. The third kappa shape index (κ3) is 3.54. The maximum Gasteiger partial charge on any atom is 0.297 e. The van der Waals surface area contributed by atoms with Gasteiger partial charge in [-0.25, -0.2) is 0 Å². The van der Waals surface area contributed by atoms with E-state index in [0.717, 1.165) is 10.0 Å². The SMILES string of the molecule is COc1cc(C#N)cc([N+](=O)[O-])c1NCc1ccc(Br)cc1. The fourth-order valence-electron chi connectivity index (χ4n) is 1.94. The number of nitrogens with one attached hydrogen (secondary N) is 1. The zero-order valence-electron chi connectivity index (χ0n) is 11.7. The molecular weight excluding hydrogens is 350 g/mol. The molecule has 0 atom stereocenters. The molecule has 2 aromatic rings. The lowest BCUT2D eigenvalue weighted by atomic mass is 10.1. The van der Waals surface area contributed by atoms with E-state index in [0.29, 0.717) is 6.54 Å². The Morgan fingerprint density at radius 2 is 2.05 bits per heavy atom. The Kier molecular flexibility index (Phi) is 4.96. The lowest BCUT2D eigenvalue weighted by Gasteiger charge is -2.12. The maximum atomic E-state index is 11.2. The molecular formula is C15H12BrN3O3. The van der Waals surface area contributed by atoms with Crippen LogP contribution in [0.3, 0.4) is 0 Å². The fourth-order valence-corrected chi connectivity index (χ4v) is 2.21. The van der Waals surface area contributed by atoms with E-state index in [4.69, 9.17) is 10.00 Å². The second-order valence-electron chi connectivity index (χ2n) is 4.42. The van der Waals surface area contributed by atoms with Gasteiger partial charge in [0, 0.05) is 23.2 Å². The first-order valence-corrected chi connectivity index (χ1v) is 7.09. The van der Waals surface area contributed by atoms with Crippen molar-refractivity contribution < 1.29 is 9.66 Å². The number of nitro benzene ring substituents is 1. The van der Waals surface area contributed by atoms with Gasteiger partial charge in [0.1, 0.15) is 5.75 Å². The summed E-state index contributed by atoms with van der Waals surface area (Å²) in [5.41, 5.74) is 1.21. The van der Waals surface area contributed by atoms with E-state index in [-0.39, 0.29) is 22.7 Å². The topological polar surface area (TPSA) is 88.2 Å². The lowest BCUT2D eigenvalue weighted by Crippen LogP contribution is -2.05. The number of hydrogen-bond acceptors (Lipinski definition) is 5. The Bertz CT molecular complexity index is 739. The summed E-state index contributed by atoms with van der Waals surface area (Å²) in [5, 5.41) is 23.2. The van der Waals surface area contributed by atoms with Crippen LogP contribution in [0, 0.1) is 21.4 Å². The molecule has 0 amide bonds. The number of rotatable bonds is 5. The molecule has 0 fully saturated rings. The summed E-state index contributed by atoms with van der Waals surface area (Å²) in [6.45, 7) is 0.399. The minimum absolute atomic E-state index is 0.178. The Labute approximate surface area is 135 Å². The molecule has 0 heterocycles. The molecule has 2 rings (SSSR count). The molecule has 0 aliphatic rings. The van der Waals surface area contributed by atoms with Crippen LogP contribution in [0.25, 0.3) is 0 Å². The van der Waals surface area contributed by atoms with Crippen molar-refractivity contribution in [2.24, 2.45) is 0 Å². The van der Waals surface area contributed by atoms with E-state index in [1.807, 2.05) is 30.3 Å². The highest BCUT2D eigenvalue weighted by atomic mass is 79.9. The number of nitro groups is 1. The minimum atomic E-state index is -0.534. The molecule has 6 nitrogen and oxygen atoms in total. The van der Waals surface area contributed by atoms with Gasteiger partial charge in [-0.05, 0) is 17.7 Å². The van der Waals surface area contributed by atoms with Crippen molar-refractivity contribution in [3.05, 3.63) is 62.1 Å². The van der Waals surface area contributed by atoms with Crippen LogP contribution in [0.15, 0.2) is 40.9 Å². The predicted molar refractivity (Wildman–Crippen MR) is 85.8 cm³/mol. The summed E-state index contributed by atoms with van der Waals surface area (Å²) < 4.78 is 6.12. The first kappa shape index (κ1) is 15.8. The number of halogens is 1. The molecule has 0 saturated carbocycles. The molecule has 0 spiro atoms. The number of nitrogens with zero attached hydrogens (tertiary/aromatic N) is 2. The van der Waals surface area contributed by atoms with Crippen LogP contribution in [0.4, 0.5) is 11.4 Å². The summed E-state index contributed by atoms with van der Waals surface area (Å²) in [6, 6.07) is 12.2. The number of methoxy groups -OCH3 is 1. The Morgan fingerprint density at radius 1 is 1.36 bits per heavy atom.